The van der Waals surface area contributed by atoms with Crippen LogP contribution in [0.5, 0.6) is 0 Å². The van der Waals surface area contributed by atoms with Crippen molar-refractivity contribution in [3.05, 3.63) is 33.8 Å². The van der Waals surface area contributed by atoms with Gasteiger partial charge in [0.05, 0.1) is 11.7 Å². The van der Waals surface area contributed by atoms with Crippen molar-refractivity contribution < 1.29 is 13.2 Å². The predicted octanol–water partition coefficient (Wildman–Crippen LogP) is 4.53. The van der Waals surface area contributed by atoms with Crippen LogP contribution in [-0.4, -0.2) is 47.2 Å². The molecule has 1 atom stereocenters. The van der Waals surface area contributed by atoms with Crippen LogP contribution in [-0.2, 0) is 20.6 Å². The first kappa shape index (κ1) is 23.7. The molecule has 1 aromatic carbocycles. The van der Waals surface area contributed by atoms with Crippen LogP contribution in [0, 0.1) is 5.92 Å². The second-order valence-electron chi connectivity index (χ2n) is 7.22. The smallest absolute Gasteiger partial charge is 0.230 e. The van der Waals surface area contributed by atoms with E-state index >= 15 is 0 Å². The molecule has 12 heteroatoms. The molecular weight excluding hydrogens is 487 g/mol. The average molecular weight is 510 g/mol. The zero-order valence-corrected chi connectivity index (χ0v) is 20.4. The third-order valence-electron chi connectivity index (χ3n) is 4.47. The number of sulfonamides is 1. The summed E-state index contributed by atoms with van der Waals surface area (Å²) in [6.45, 7) is 4.62. The van der Waals surface area contributed by atoms with Crippen molar-refractivity contribution in [1.82, 2.24) is 14.5 Å². The Labute approximate surface area is 194 Å². The van der Waals surface area contributed by atoms with E-state index in [1.165, 1.54) is 21.7 Å². The molecule has 1 aliphatic rings. The molecule has 0 aliphatic carbocycles. The normalized spacial score (nSPS) is 18.0. The number of anilines is 1. The second-order valence-corrected chi connectivity index (χ2v) is 12.8. The molecule has 2 heterocycles. The molecule has 1 aromatic heterocycles. The lowest BCUT2D eigenvalue weighted by Gasteiger charge is -2.31. The van der Waals surface area contributed by atoms with Gasteiger partial charge in [-0.15, -0.1) is 10.2 Å². The van der Waals surface area contributed by atoms with E-state index in [-0.39, 0.29) is 18.2 Å². The van der Waals surface area contributed by atoms with Gasteiger partial charge in [0.1, 0.15) is 0 Å². The monoisotopic (exact) mass is 508 g/mol. The highest BCUT2D eigenvalue weighted by atomic mass is 35.5. The van der Waals surface area contributed by atoms with Gasteiger partial charge in [0.15, 0.2) is 4.34 Å². The van der Waals surface area contributed by atoms with E-state index in [1.807, 2.05) is 0 Å². The Bertz CT molecular complexity index is 1010. The van der Waals surface area contributed by atoms with Gasteiger partial charge in [0, 0.05) is 28.4 Å². The Morgan fingerprint density at radius 1 is 1.37 bits per heavy atom. The molecule has 0 saturated carbocycles. The zero-order chi connectivity index (χ0) is 21.9. The van der Waals surface area contributed by atoms with E-state index in [1.54, 1.807) is 23.9 Å². The fourth-order valence-electron chi connectivity index (χ4n) is 3.05. The summed E-state index contributed by atoms with van der Waals surface area (Å²) >= 11 is 14.9. The van der Waals surface area contributed by atoms with Crippen molar-refractivity contribution in [3.63, 3.8) is 0 Å². The molecule has 0 bridgehead atoms. The number of carbonyl (C=O) groups is 1. The Balaban J connectivity index is 1.63. The summed E-state index contributed by atoms with van der Waals surface area (Å²) in [7, 11) is -3.62. The summed E-state index contributed by atoms with van der Waals surface area (Å²) in [6.07, 6.45) is 1.22. The maximum Gasteiger partial charge on any atom is 0.230 e. The van der Waals surface area contributed by atoms with E-state index in [0.29, 0.717) is 45.4 Å². The predicted molar refractivity (Wildman–Crippen MR) is 123 cm³/mol. The molecule has 1 amide bonds. The lowest BCUT2D eigenvalue weighted by molar-refractivity contribution is -0.120. The Morgan fingerprint density at radius 2 is 2.13 bits per heavy atom. The van der Waals surface area contributed by atoms with Gasteiger partial charge < -0.3 is 5.32 Å². The molecular formula is C18H22Cl2N4O3S3. The fraction of sp³-hybridized carbons (Fsp3) is 0.500. The number of piperidine rings is 1. The molecule has 0 spiro atoms. The molecule has 2 aromatic rings. The number of thioether (sulfide) groups is 1. The number of benzene rings is 1. The van der Waals surface area contributed by atoms with Crippen molar-refractivity contribution in [2.45, 2.75) is 42.0 Å². The van der Waals surface area contributed by atoms with E-state index in [9.17, 15) is 13.2 Å². The number of halogens is 2. The van der Waals surface area contributed by atoms with Gasteiger partial charge in [-0.05, 0) is 30.5 Å². The highest BCUT2D eigenvalue weighted by molar-refractivity contribution is 8.01. The van der Waals surface area contributed by atoms with Crippen molar-refractivity contribution in [2.75, 3.05) is 18.4 Å². The number of rotatable bonds is 7. The minimum atomic E-state index is -3.62. The lowest BCUT2D eigenvalue weighted by atomic mass is 9.99. The van der Waals surface area contributed by atoms with Crippen LogP contribution < -0.4 is 5.32 Å². The van der Waals surface area contributed by atoms with Gasteiger partial charge in [-0.3, -0.25) is 4.79 Å². The van der Waals surface area contributed by atoms with E-state index in [2.05, 4.69) is 29.4 Å². The van der Waals surface area contributed by atoms with E-state index < -0.39 is 15.9 Å². The van der Waals surface area contributed by atoms with Gasteiger partial charge in [-0.25, -0.2) is 12.7 Å². The Kier molecular flexibility index (Phi) is 8.03. The summed E-state index contributed by atoms with van der Waals surface area (Å²) in [5.74, 6) is -0.917. The Hall–Kier alpha value is -0.910. The number of hydrogen-bond acceptors (Lipinski definition) is 7. The van der Waals surface area contributed by atoms with Crippen LogP contribution in [0.1, 0.15) is 32.3 Å². The van der Waals surface area contributed by atoms with Crippen molar-refractivity contribution in [2.24, 2.45) is 5.92 Å². The van der Waals surface area contributed by atoms with Crippen molar-refractivity contribution in [1.29, 1.82) is 0 Å². The largest absolute Gasteiger partial charge is 0.300 e. The number of aromatic nitrogens is 2. The summed E-state index contributed by atoms with van der Waals surface area (Å²) in [4.78, 5) is 12.7. The average Bonchev–Trinajstić information content (AvgIpc) is 3.10. The molecule has 30 heavy (non-hydrogen) atoms. The Morgan fingerprint density at radius 3 is 2.83 bits per heavy atom. The molecule has 1 fully saturated rings. The SMILES string of the molecule is CC(C)Sc1nnc(NC(=O)[C@H]2CCCN(S(=O)(=O)Cc3ccc(Cl)cc3Cl)C2)s1. The number of hydrogen-bond donors (Lipinski definition) is 1. The minimum absolute atomic E-state index is 0.131. The summed E-state index contributed by atoms with van der Waals surface area (Å²) in [5, 5.41) is 12.4. The third-order valence-corrected chi connectivity index (χ3v) is 8.78. The van der Waals surface area contributed by atoms with Gasteiger partial charge in [-0.2, -0.15) is 0 Å². The van der Waals surface area contributed by atoms with Crippen LogP contribution in [0.3, 0.4) is 0 Å². The van der Waals surface area contributed by atoms with Crippen molar-refractivity contribution >= 4 is 67.4 Å². The molecule has 0 radical (unpaired) electrons. The van der Waals surface area contributed by atoms with Gasteiger partial charge in [-0.1, -0.05) is 66.2 Å². The number of carbonyl (C=O) groups excluding carboxylic acids is 1. The fourth-order valence-corrected chi connectivity index (χ4v) is 7.23. The maximum atomic E-state index is 12.9. The van der Waals surface area contributed by atoms with Gasteiger partial charge >= 0.3 is 0 Å². The molecule has 7 nitrogen and oxygen atoms in total. The number of amides is 1. The topological polar surface area (TPSA) is 92.3 Å². The maximum absolute atomic E-state index is 12.9. The zero-order valence-electron chi connectivity index (χ0n) is 16.5. The highest BCUT2D eigenvalue weighted by Crippen LogP contribution is 2.30. The molecule has 164 valence electrons. The summed E-state index contributed by atoms with van der Waals surface area (Å²) < 4.78 is 28.0. The molecule has 0 unspecified atom stereocenters. The van der Waals surface area contributed by atoms with Gasteiger partial charge in [0.25, 0.3) is 0 Å². The van der Waals surface area contributed by atoms with Crippen LogP contribution in [0.2, 0.25) is 10.0 Å². The van der Waals surface area contributed by atoms with Crippen LogP contribution in [0.25, 0.3) is 0 Å². The minimum Gasteiger partial charge on any atom is -0.300 e. The summed E-state index contributed by atoms with van der Waals surface area (Å²) in [6, 6.07) is 4.74. The van der Waals surface area contributed by atoms with Crippen LogP contribution in [0.4, 0.5) is 5.13 Å². The third kappa shape index (κ3) is 6.30. The number of nitrogens with one attached hydrogen (secondary N) is 1. The van der Waals surface area contributed by atoms with E-state index in [0.717, 1.165) is 4.34 Å². The molecule has 1 saturated heterocycles. The quantitative estimate of drug-likeness (QED) is 0.436. The first-order valence-corrected chi connectivity index (χ1v) is 13.4. The van der Waals surface area contributed by atoms with E-state index in [4.69, 9.17) is 23.2 Å². The molecule has 3 rings (SSSR count). The van der Waals surface area contributed by atoms with Crippen LogP contribution >= 0.6 is 46.3 Å². The highest BCUT2D eigenvalue weighted by Gasteiger charge is 2.33. The number of nitrogens with zero attached hydrogens (tertiary/aromatic N) is 3. The van der Waals surface area contributed by atoms with Crippen molar-refractivity contribution in [3.8, 4) is 0 Å². The standard InChI is InChI=1S/C18H22Cl2N4O3S3/c1-11(2)28-18-23-22-17(29-18)21-16(25)12-4-3-7-24(9-12)30(26,27)10-13-5-6-14(19)8-15(13)20/h5-6,8,11-12H,3-4,7,9-10H2,1-2H3,(H,21,22,25)/t12-/m0/s1. The molecule has 1 aliphatic heterocycles. The molecule has 1 N–H and O–H groups in total. The first-order chi connectivity index (χ1) is 14.1. The second kappa shape index (κ2) is 10.1. The first-order valence-electron chi connectivity index (χ1n) is 9.37. The summed E-state index contributed by atoms with van der Waals surface area (Å²) in [5.41, 5.74) is 0.483. The van der Waals surface area contributed by atoms with Gasteiger partial charge in [0.2, 0.25) is 21.1 Å². The lowest BCUT2D eigenvalue weighted by Crippen LogP contribution is -2.44. The van der Waals surface area contributed by atoms with Crippen LogP contribution in [0.15, 0.2) is 22.5 Å².